The Bertz CT molecular complexity index is 811. The molecular formula is C17H22IN5OS. The van der Waals surface area contributed by atoms with Gasteiger partial charge in [-0.2, -0.15) is 5.10 Å². The van der Waals surface area contributed by atoms with Gasteiger partial charge in [-0.1, -0.05) is 18.2 Å². The first-order chi connectivity index (χ1) is 11.7. The monoisotopic (exact) mass is 471 g/mol. The Labute approximate surface area is 168 Å². The van der Waals surface area contributed by atoms with E-state index in [-0.39, 0.29) is 24.0 Å². The molecule has 0 bridgehead atoms. The van der Waals surface area contributed by atoms with E-state index in [0.29, 0.717) is 19.0 Å². The number of hydrogen-bond donors (Lipinski definition) is 3. The molecule has 0 radical (unpaired) electrons. The number of thiophene rings is 1. The van der Waals surface area contributed by atoms with E-state index in [4.69, 9.17) is 0 Å². The average molecular weight is 471 g/mol. The molecule has 3 N–H and O–H groups in total. The summed E-state index contributed by atoms with van der Waals surface area (Å²) in [5.74, 6) is 0.652. The zero-order valence-electron chi connectivity index (χ0n) is 14.1. The largest absolute Gasteiger partial charge is 0.386 e. The van der Waals surface area contributed by atoms with E-state index < -0.39 is 6.10 Å². The van der Waals surface area contributed by atoms with Crippen molar-refractivity contribution >= 4 is 51.4 Å². The summed E-state index contributed by atoms with van der Waals surface area (Å²) in [6.07, 6.45) is 3.19. The second-order valence-electron chi connectivity index (χ2n) is 5.53. The maximum absolute atomic E-state index is 10.4. The lowest BCUT2D eigenvalue weighted by Gasteiger charge is -2.14. The van der Waals surface area contributed by atoms with Gasteiger partial charge in [-0.3, -0.25) is 9.67 Å². The normalized spacial score (nSPS) is 12.7. The molecular weight excluding hydrogens is 449 g/mol. The van der Waals surface area contributed by atoms with Crippen LogP contribution in [0.15, 0.2) is 47.7 Å². The van der Waals surface area contributed by atoms with Crippen molar-refractivity contribution in [3.05, 3.63) is 53.2 Å². The lowest BCUT2D eigenvalue weighted by Crippen LogP contribution is -2.38. The molecule has 2 aromatic heterocycles. The van der Waals surface area contributed by atoms with Gasteiger partial charge in [-0.05, 0) is 17.5 Å². The first kappa shape index (κ1) is 19.7. The van der Waals surface area contributed by atoms with E-state index in [0.717, 1.165) is 15.8 Å². The van der Waals surface area contributed by atoms with Gasteiger partial charge in [-0.15, -0.1) is 35.3 Å². The van der Waals surface area contributed by atoms with Gasteiger partial charge in [-0.25, -0.2) is 0 Å². The number of nitrogens with one attached hydrogen (secondary N) is 2. The van der Waals surface area contributed by atoms with Crippen LogP contribution < -0.4 is 10.6 Å². The molecule has 0 fully saturated rings. The summed E-state index contributed by atoms with van der Waals surface area (Å²) >= 11 is 1.62. The average Bonchev–Trinajstić information content (AvgIpc) is 3.20. The van der Waals surface area contributed by atoms with Crippen LogP contribution >= 0.6 is 35.3 Å². The van der Waals surface area contributed by atoms with Crippen LogP contribution in [0.3, 0.4) is 0 Å². The SMILES string of the molecule is CN=C(NCc1cnn(C)c1)NCC(O)c1cc2ccccc2s1.I. The quantitative estimate of drug-likeness (QED) is 0.304. The summed E-state index contributed by atoms with van der Waals surface area (Å²) < 4.78 is 2.95. The van der Waals surface area contributed by atoms with Gasteiger partial charge < -0.3 is 15.7 Å². The molecule has 0 amide bonds. The Morgan fingerprint density at radius 2 is 2.16 bits per heavy atom. The van der Waals surface area contributed by atoms with Gasteiger partial charge >= 0.3 is 0 Å². The summed E-state index contributed by atoms with van der Waals surface area (Å²) in [5, 5.41) is 22.1. The van der Waals surface area contributed by atoms with E-state index >= 15 is 0 Å². The highest BCUT2D eigenvalue weighted by molar-refractivity contribution is 14.0. The first-order valence-corrected chi connectivity index (χ1v) is 8.56. The van der Waals surface area contributed by atoms with Crippen LogP contribution in [0.1, 0.15) is 16.5 Å². The summed E-state index contributed by atoms with van der Waals surface area (Å²) in [5.41, 5.74) is 1.07. The number of aromatic nitrogens is 2. The second kappa shape index (κ2) is 9.16. The summed E-state index contributed by atoms with van der Waals surface area (Å²) in [7, 11) is 3.60. The summed E-state index contributed by atoms with van der Waals surface area (Å²) in [4.78, 5) is 5.13. The molecule has 0 spiro atoms. The molecule has 0 aliphatic heterocycles. The van der Waals surface area contributed by atoms with E-state index in [1.807, 2.05) is 37.6 Å². The number of hydrogen-bond acceptors (Lipinski definition) is 4. The van der Waals surface area contributed by atoms with E-state index in [2.05, 4.69) is 32.9 Å². The molecule has 0 aliphatic carbocycles. The molecule has 6 nitrogen and oxygen atoms in total. The minimum atomic E-state index is -0.570. The van der Waals surface area contributed by atoms with Crippen molar-refractivity contribution in [1.29, 1.82) is 0 Å². The summed E-state index contributed by atoms with van der Waals surface area (Å²) in [6.45, 7) is 1.03. The van der Waals surface area contributed by atoms with Crippen LogP contribution in [0.25, 0.3) is 10.1 Å². The van der Waals surface area contributed by atoms with E-state index in [1.54, 1.807) is 23.1 Å². The van der Waals surface area contributed by atoms with Crippen LogP contribution in [0.2, 0.25) is 0 Å². The number of aryl methyl sites for hydroxylation is 1. The number of rotatable bonds is 5. The van der Waals surface area contributed by atoms with Crippen molar-refractivity contribution in [3.63, 3.8) is 0 Å². The zero-order chi connectivity index (χ0) is 16.9. The Balaban J connectivity index is 0.00000225. The third kappa shape index (κ3) is 5.16. The number of benzene rings is 1. The van der Waals surface area contributed by atoms with Crippen LogP contribution in [-0.4, -0.2) is 34.4 Å². The molecule has 3 aromatic rings. The number of guanidine groups is 1. The molecule has 3 rings (SSSR count). The highest BCUT2D eigenvalue weighted by Gasteiger charge is 2.12. The third-order valence-corrected chi connectivity index (χ3v) is 4.90. The minimum Gasteiger partial charge on any atom is -0.386 e. The number of aliphatic hydroxyl groups is 1. The maximum atomic E-state index is 10.4. The van der Waals surface area contributed by atoms with Gasteiger partial charge in [0.15, 0.2) is 5.96 Å². The fourth-order valence-corrected chi connectivity index (χ4v) is 3.48. The fourth-order valence-electron chi connectivity index (χ4n) is 2.43. The smallest absolute Gasteiger partial charge is 0.191 e. The summed E-state index contributed by atoms with van der Waals surface area (Å²) in [6, 6.07) is 10.2. The molecule has 8 heteroatoms. The number of nitrogens with zero attached hydrogens (tertiary/aromatic N) is 3. The number of halogens is 1. The first-order valence-electron chi connectivity index (χ1n) is 7.74. The van der Waals surface area contributed by atoms with E-state index in [1.165, 1.54) is 4.70 Å². The number of aliphatic hydroxyl groups excluding tert-OH is 1. The highest BCUT2D eigenvalue weighted by atomic mass is 127. The molecule has 0 saturated heterocycles. The molecule has 134 valence electrons. The standard InChI is InChI=1S/C17H21N5OS.HI/c1-18-17(19-8-12-9-21-22(2)11-12)20-10-14(23)16-7-13-5-3-4-6-15(13)24-16;/h3-7,9,11,14,23H,8,10H2,1-2H3,(H2,18,19,20);1H. The van der Waals surface area contributed by atoms with Crippen molar-refractivity contribution in [2.45, 2.75) is 12.6 Å². The molecule has 2 heterocycles. The Kier molecular flexibility index (Phi) is 7.21. The fraction of sp³-hybridized carbons (Fsp3) is 0.294. The topological polar surface area (TPSA) is 74.5 Å². The molecule has 0 saturated carbocycles. The van der Waals surface area contributed by atoms with Crippen molar-refractivity contribution in [1.82, 2.24) is 20.4 Å². The van der Waals surface area contributed by atoms with Crippen LogP contribution in [-0.2, 0) is 13.6 Å². The number of aliphatic imine (C=N–C) groups is 1. The third-order valence-electron chi connectivity index (χ3n) is 3.68. The Morgan fingerprint density at radius 1 is 1.36 bits per heavy atom. The van der Waals surface area contributed by atoms with Crippen molar-refractivity contribution in [3.8, 4) is 0 Å². The van der Waals surface area contributed by atoms with Crippen LogP contribution in [0, 0.1) is 0 Å². The van der Waals surface area contributed by atoms with Crippen molar-refractivity contribution < 1.29 is 5.11 Å². The van der Waals surface area contributed by atoms with Crippen molar-refractivity contribution in [2.24, 2.45) is 12.0 Å². The van der Waals surface area contributed by atoms with Gasteiger partial charge in [0, 0.05) is 48.5 Å². The molecule has 0 aliphatic rings. The van der Waals surface area contributed by atoms with Gasteiger partial charge in [0.2, 0.25) is 0 Å². The predicted molar refractivity (Wildman–Crippen MR) is 114 cm³/mol. The maximum Gasteiger partial charge on any atom is 0.191 e. The Morgan fingerprint density at radius 3 is 2.84 bits per heavy atom. The minimum absolute atomic E-state index is 0. The van der Waals surface area contributed by atoms with Crippen molar-refractivity contribution in [2.75, 3.05) is 13.6 Å². The predicted octanol–water partition coefficient (Wildman–Crippen LogP) is 2.65. The van der Waals surface area contributed by atoms with E-state index in [9.17, 15) is 5.11 Å². The van der Waals surface area contributed by atoms with Gasteiger partial charge in [0.1, 0.15) is 6.10 Å². The molecule has 1 unspecified atom stereocenters. The molecule has 25 heavy (non-hydrogen) atoms. The van der Waals surface area contributed by atoms with Crippen LogP contribution in [0.5, 0.6) is 0 Å². The number of fused-ring (bicyclic) bond motifs is 1. The molecule has 1 atom stereocenters. The van der Waals surface area contributed by atoms with Crippen LogP contribution in [0.4, 0.5) is 0 Å². The zero-order valence-corrected chi connectivity index (χ0v) is 17.3. The lowest BCUT2D eigenvalue weighted by atomic mass is 10.2. The highest BCUT2D eigenvalue weighted by Crippen LogP contribution is 2.29. The van der Waals surface area contributed by atoms with Gasteiger partial charge in [0.05, 0.1) is 6.20 Å². The Hall–Kier alpha value is -1.65. The molecule has 1 aromatic carbocycles. The van der Waals surface area contributed by atoms with Gasteiger partial charge in [0.25, 0.3) is 0 Å². The second-order valence-corrected chi connectivity index (χ2v) is 6.65. The lowest BCUT2D eigenvalue weighted by molar-refractivity contribution is 0.184.